The Kier molecular flexibility index (Phi) is 9.14. The van der Waals surface area contributed by atoms with Gasteiger partial charge in [-0.25, -0.2) is 9.98 Å². The molecule has 70 heavy (non-hydrogen) atoms. The third-order valence-corrected chi connectivity index (χ3v) is 14.3. The molecular formula is C62H44N6O2. The summed E-state index contributed by atoms with van der Waals surface area (Å²) in [5.41, 5.74) is 14.2. The monoisotopic (exact) mass is 904 g/mol. The lowest BCUT2D eigenvalue weighted by molar-refractivity contribution is 0.389. The number of hydrogen-bond acceptors (Lipinski definition) is 8. The van der Waals surface area contributed by atoms with Crippen LogP contribution in [-0.4, -0.2) is 17.7 Å². The molecule has 8 aromatic rings. The molecule has 0 fully saturated rings. The van der Waals surface area contributed by atoms with Crippen LogP contribution in [0.1, 0.15) is 45.6 Å². The molecule has 4 unspecified atom stereocenters. The quantitative estimate of drug-likeness (QED) is 0.154. The van der Waals surface area contributed by atoms with Gasteiger partial charge in [0.2, 0.25) is 0 Å². The number of nitrogens with zero attached hydrogens (tertiary/aromatic N) is 3. The Bertz CT molecular complexity index is 3620. The second-order valence-corrected chi connectivity index (χ2v) is 18.2. The molecule has 3 N–H and O–H groups in total. The second kappa shape index (κ2) is 16.0. The van der Waals surface area contributed by atoms with Crippen LogP contribution in [0.2, 0.25) is 0 Å². The molecule has 1 spiro atoms. The standard InChI is InChI=1S/C62H44N6O2/c1-4-17-39(18-5-1)42-23-15-26-45(38-42)68-51-29-11-13-31-54(51)70-58-52(68)35-33-49-57(58)69-53-30-12-10-27-46(53)62(49)47-28-16-36-63-55(47)56-48(62)32-34-50(64-56)43-24-14-25-44(37-43)61-66-59(40-19-6-2-7-20-40)65-60(67-61)41-21-8-3-9-22-41/h1-38,50,55,59,63-64H,(H,65,66,67). The summed E-state index contributed by atoms with van der Waals surface area (Å²) < 4.78 is 14.2. The fraction of sp³-hybridized carbons (Fsp3) is 0.0645. The maximum absolute atomic E-state index is 7.14. The van der Waals surface area contributed by atoms with Gasteiger partial charge in [0.15, 0.2) is 23.4 Å². The van der Waals surface area contributed by atoms with Crippen molar-refractivity contribution >= 4 is 28.7 Å². The molecule has 0 radical (unpaired) electrons. The van der Waals surface area contributed by atoms with E-state index in [1.54, 1.807) is 0 Å². The molecule has 0 saturated heterocycles. The van der Waals surface area contributed by atoms with Crippen LogP contribution in [0.3, 0.4) is 0 Å². The van der Waals surface area contributed by atoms with Gasteiger partial charge < -0.3 is 30.3 Å². The predicted molar refractivity (Wildman–Crippen MR) is 278 cm³/mol. The van der Waals surface area contributed by atoms with E-state index in [1.807, 2.05) is 48.5 Å². The molecule has 8 aromatic carbocycles. The number of dihydropyridines is 2. The van der Waals surface area contributed by atoms with Crippen LogP contribution in [0.4, 0.5) is 17.1 Å². The lowest BCUT2D eigenvalue weighted by Gasteiger charge is -2.43. The summed E-state index contributed by atoms with van der Waals surface area (Å²) in [5, 5.41) is 11.5. The van der Waals surface area contributed by atoms with Gasteiger partial charge >= 0.3 is 0 Å². The van der Waals surface area contributed by atoms with Gasteiger partial charge in [-0.1, -0.05) is 176 Å². The number of aliphatic imine (C=N–C) groups is 2. The Hall–Kier alpha value is -9.14. The van der Waals surface area contributed by atoms with Gasteiger partial charge in [0.1, 0.15) is 17.4 Å². The van der Waals surface area contributed by atoms with Crippen LogP contribution in [-0.2, 0) is 5.41 Å². The van der Waals surface area contributed by atoms with Crippen LogP contribution in [0.25, 0.3) is 11.1 Å². The van der Waals surface area contributed by atoms with Gasteiger partial charge in [0.25, 0.3) is 0 Å². The summed E-state index contributed by atoms with van der Waals surface area (Å²) in [5.74, 6) is 4.50. The first-order valence-corrected chi connectivity index (χ1v) is 23.8. The summed E-state index contributed by atoms with van der Waals surface area (Å²) >= 11 is 0. The normalized spacial score (nSPS) is 20.8. The molecule has 5 heterocycles. The van der Waals surface area contributed by atoms with E-state index >= 15 is 0 Å². The summed E-state index contributed by atoms with van der Waals surface area (Å²) in [6.45, 7) is 0. The van der Waals surface area contributed by atoms with E-state index in [1.165, 1.54) is 11.1 Å². The van der Waals surface area contributed by atoms with E-state index in [-0.39, 0.29) is 18.2 Å². The summed E-state index contributed by atoms with van der Waals surface area (Å²) in [6.07, 6.45) is 10.7. The fourth-order valence-electron chi connectivity index (χ4n) is 11.2. The van der Waals surface area contributed by atoms with Gasteiger partial charge in [-0.2, -0.15) is 0 Å². The average molecular weight is 905 g/mol. The molecule has 8 nitrogen and oxygen atoms in total. The molecule has 0 amide bonds. The lowest BCUT2D eigenvalue weighted by atomic mass is 9.64. The van der Waals surface area contributed by atoms with Crippen molar-refractivity contribution in [3.05, 3.63) is 281 Å². The van der Waals surface area contributed by atoms with Crippen molar-refractivity contribution in [3.63, 3.8) is 0 Å². The SMILES string of the molecule is C1=CNC2C(=C1)C1(C3=C2NC(c2cccc(C4=NC(c5ccccc5)N=C(c5ccccc5)N4)c2)C=C3)c2ccccc2Oc2c1ccc1c2Oc2ccccc2N1c1cccc(-c2ccccc2)c1. The molecule has 334 valence electrons. The minimum absolute atomic E-state index is 0.127. The van der Waals surface area contributed by atoms with Gasteiger partial charge in [-0.15, -0.1) is 0 Å². The number of ether oxygens (including phenoxy) is 2. The van der Waals surface area contributed by atoms with Crippen molar-refractivity contribution in [3.8, 4) is 34.1 Å². The number of amidine groups is 2. The molecule has 14 rings (SSSR count). The van der Waals surface area contributed by atoms with E-state index < -0.39 is 5.41 Å². The minimum Gasteiger partial charge on any atom is -0.453 e. The zero-order valence-corrected chi connectivity index (χ0v) is 37.8. The van der Waals surface area contributed by atoms with Crippen LogP contribution < -0.4 is 30.3 Å². The third kappa shape index (κ3) is 6.23. The highest BCUT2D eigenvalue weighted by Crippen LogP contribution is 2.66. The topological polar surface area (TPSA) is 82.5 Å². The summed E-state index contributed by atoms with van der Waals surface area (Å²) in [6, 6.07) is 69.4. The Labute approximate surface area is 406 Å². The van der Waals surface area contributed by atoms with Crippen LogP contribution in [0.5, 0.6) is 23.0 Å². The Morgan fingerprint density at radius 2 is 1.20 bits per heavy atom. The molecule has 0 aromatic heterocycles. The molecule has 5 aliphatic heterocycles. The van der Waals surface area contributed by atoms with Crippen molar-refractivity contribution in [2.75, 3.05) is 4.90 Å². The van der Waals surface area contributed by atoms with E-state index in [0.717, 1.165) is 90.4 Å². The van der Waals surface area contributed by atoms with Crippen LogP contribution >= 0.6 is 0 Å². The Morgan fingerprint density at radius 3 is 2.04 bits per heavy atom. The van der Waals surface area contributed by atoms with E-state index in [4.69, 9.17) is 19.5 Å². The molecule has 0 saturated carbocycles. The lowest BCUT2D eigenvalue weighted by Crippen LogP contribution is -2.39. The number of fused-ring (bicyclic) bond motifs is 11. The highest BCUT2D eigenvalue weighted by molar-refractivity contribution is 6.16. The van der Waals surface area contributed by atoms with E-state index in [2.05, 4.69) is 203 Å². The van der Waals surface area contributed by atoms with Crippen molar-refractivity contribution in [2.45, 2.75) is 23.7 Å². The molecule has 6 aliphatic rings. The number of rotatable bonds is 6. The second-order valence-electron chi connectivity index (χ2n) is 18.2. The largest absolute Gasteiger partial charge is 0.453 e. The Morgan fingerprint density at radius 1 is 0.529 bits per heavy atom. The van der Waals surface area contributed by atoms with E-state index in [0.29, 0.717) is 11.5 Å². The fourth-order valence-corrected chi connectivity index (χ4v) is 11.2. The first kappa shape index (κ1) is 40.0. The van der Waals surface area contributed by atoms with Crippen molar-refractivity contribution in [1.82, 2.24) is 16.0 Å². The minimum atomic E-state index is -0.716. The van der Waals surface area contributed by atoms with Gasteiger partial charge in [-0.05, 0) is 88.1 Å². The molecule has 8 heteroatoms. The third-order valence-electron chi connectivity index (χ3n) is 14.3. The van der Waals surface area contributed by atoms with Crippen LogP contribution in [0.15, 0.2) is 258 Å². The van der Waals surface area contributed by atoms with Gasteiger partial charge in [0.05, 0.1) is 28.9 Å². The van der Waals surface area contributed by atoms with Crippen molar-refractivity contribution < 1.29 is 9.47 Å². The number of nitrogens with one attached hydrogen (secondary N) is 3. The maximum Gasteiger partial charge on any atom is 0.194 e. The molecule has 4 atom stereocenters. The highest BCUT2D eigenvalue weighted by atomic mass is 16.5. The Balaban J connectivity index is 0.875. The molecular weight excluding hydrogens is 861 g/mol. The number of anilines is 3. The molecule has 1 aliphatic carbocycles. The first-order chi connectivity index (χ1) is 34.7. The van der Waals surface area contributed by atoms with Crippen LogP contribution in [0, 0.1) is 0 Å². The number of allylic oxidation sites excluding steroid dienone is 4. The average Bonchev–Trinajstić information content (AvgIpc) is 3.73. The number of para-hydroxylation sites is 3. The predicted octanol–water partition coefficient (Wildman–Crippen LogP) is 13.4. The smallest absolute Gasteiger partial charge is 0.194 e. The first-order valence-electron chi connectivity index (χ1n) is 23.8. The van der Waals surface area contributed by atoms with Crippen molar-refractivity contribution in [1.29, 1.82) is 0 Å². The zero-order chi connectivity index (χ0) is 46.2. The van der Waals surface area contributed by atoms with E-state index in [9.17, 15) is 0 Å². The van der Waals surface area contributed by atoms with Gasteiger partial charge in [0, 0.05) is 33.6 Å². The zero-order valence-electron chi connectivity index (χ0n) is 37.8. The van der Waals surface area contributed by atoms with Gasteiger partial charge in [-0.3, -0.25) is 0 Å². The maximum atomic E-state index is 7.14. The highest BCUT2D eigenvalue weighted by Gasteiger charge is 2.57. The number of hydrogen-bond donors (Lipinski definition) is 3. The summed E-state index contributed by atoms with van der Waals surface area (Å²) in [7, 11) is 0. The van der Waals surface area contributed by atoms with Crippen molar-refractivity contribution in [2.24, 2.45) is 9.98 Å². The number of benzene rings is 8. The molecule has 0 bridgehead atoms. The summed E-state index contributed by atoms with van der Waals surface area (Å²) in [4.78, 5) is 12.6.